The molecule has 0 radical (unpaired) electrons. The molecular weight excluding hydrogens is 466 g/mol. The first kappa shape index (κ1) is 19.6. The van der Waals surface area contributed by atoms with Gasteiger partial charge in [0.25, 0.3) is 15.9 Å². The van der Waals surface area contributed by atoms with Gasteiger partial charge in [0.05, 0.1) is 3.79 Å². The number of anilines is 1. The molecule has 4 rings (SSSR count). The molecule has 148 valence electrons. The smallest absolute Gasteiger partial charge is 0.253 e. The van der Waals surface area contributed by atoms with Gasteiger partial charge >= 0.3 is 0 Å². The lowest BCUT2D eigenvalue weighted by Crippen LogP contribution is -2.50. The third-order valence-corrected chi connectivity index (χ3v) is 8.91. The highest BCUT2D eigenvalue weighted by Crippen LogP contribution is 2.29. The third-order valence-electron chi connectivity index (χ3n) is 4.92. The highest BCUT2D eigenvalue weighted by molar-refractivity contribution is 9.11. The number of hydrogen-bond acceptors (Lipinski definition) is 5. The molecule has 2 amide bonds. The van der Waals surface area contributed by atoms with Gasteiger partial charge in [-0.25, -0.2) is 8.42 Å². The van der Waals surface area contributed by atoms with E-state index in [0.717, 1.165) is 15.0 Å². The number of sulfonamides is 1. The first-order valence-corrected chi connectivity index (χ1v) is 11.9. The first-order valence-electron chi connectivity index (χ1n) is 8.82. The summed E-state index contributed by atoms with van der Waals surface area (Å²) in [7, 11) is -3.53. The number of hydrogen-bond donors (Lipinski definition) is 1. The Kier molecular flexibility index (Phi) is 5.30. The third kappa shape index (κ3) is 3.73. The van der Waals surface area contributed by atoms with E-state index in [2.05, 4.69) is 21.2 Å². The number of benzene rings is 1. The summed E-state index contributed by atoms with van der Waals surface area (Å²) in [5.74, 6) is -0.128. The lowest BCUT2D eigenvalue weighted by molar-refractivity contribution is -0.116. The van der Waals surface area contributed by atoms with Crippen molar-refractivity contribution in [2.75, 3.05) is 31.5 Å². The van der Waals surface area contributed by atoms with Gasteiger partial charge in [-0.05, 0) is 58.2 Å². The van der Waals surface area contributed by atoms with Crippen molar-refractivity contribution in [1.82, 2.24) is 9.21 Å². The Morgan fingerprint density at radius 2 is 1.82 bits per heavy atom. The molecule has 1 aromatic heterocycles. The number of nitrogens with one attached hydrogen (secondary N) is 1. The van der Waals surface area contributed by atoms with E-state index in [0.29, 0.717) is 35.7 Å². The average molecular weight is 484 g/mol. The maximum Gasteiger partial charge on any atom is 0.253 e. The van der Waals surface area contributed by atoms with Crippen LogP contribution in [-0.4, -0.2) is 55.6 Å². The van der Waals surface area contributed by atoms with Crippen molar-refractivity contribution >= 4 is 54.8 Å². The van der Waals surface area contributed by atoms with Gasteiger partial charge in [0.1, 0.15) is 4.21 Å². The molecule has 0 saturated carbocycles. The normalized spacial score (nSPS) is 17.9. The zero-order valence-corrected chi connectivity index (χ0v) is 18.1. The Morgan fingerprint density at radius 3 is 2.50 bits per heavy atom. The predicted molar refractivity (Wildman–Crippen MR) is 110 cm³/mol. The minimum Gasteiger partial charge on any atom is -0.336 e. The van der Waals surface area contributed by atoms with Gasteiger partial charge in [-0.3, -0.25) is 9.59 Å². The number of aryl methyl sites for hydroxylation is 1. The Hall–Kier alpha value is -1.75. The van der Waals surface area contributed by atoms with Crippen molar-refractivity contribution in [3.8, 4) is 0 Å². The standard InChI is InChI=1S/C18H18BrN3O4S2/c19-15-4-6-17(27-15)28(25,26)22-9-7-21(8-10-22)18(24)13-1-3-14-12(11-13)2-5-16(23)20-14/h1,3-4,6,11H,2,5,7-10H2,(H,20,23). The fraction of sp³-hybridized carbons (Fsp3) is 0.333. The summed E-state index contributed by atoms with van der Waals surface area (Å²) in [6.07, 6.45) is 1.03. The monoisotopic (exact) mass is 483 g/mol. The number of fused-ring (bicyclic) bond motifs is 1. The number of thiophene rings is 1. The highest BCUT2D eigenvalue weighted by atomic mass is 79.9. The fourth-order valence-electron chi connectivity index (χ4n) is 3.39. The van der Waals surface area contributed by atoms with Gasteiger partial charge in [0.2, 0.25) is 5.91 Å². The molecule has 2 aliphatic heterocycles. The largest absolute Gasteiger partial charge is 0.336 e. The minimum absolute atomic E-state index is 0.0123. The van der Waals surface area contributed by atoms with E-state index in [1.165, 1.54) is 15.6 Å². The molecule has 1 fully saturated rings. The molecule has 1 aromatic carbocycles. The number of piperazine rings is 1. The van der Waals surface area contributed by atoms with Crippen molar-refractivity contribution in [3.63, 3.8) is 0 Å². The Bertz CT molecular complexity index is 1040. The SMILES string of the molecule is O=C1CCc2cc(C(=O)N3CCN(S(=O)(=O)c4ccc(Br)s4)CC3)ccc2N1. The molecule has 1 N–H and O–H groups in total. The van der Waals surface area contributed by atoms with Crippen LogP contribution in [0.5, 0.6) is 0 Å². The van der Waals surface area contributed by atoms with Crippen LogP contribution in [0.1, 0.15) is 22.3 Å². The van der Waals surface area contributed by atoms with Crippen molar-refractivity contribution in [3.05, 3.63) is 45.2 Å². The number of carbonyl (C=O) groups is 2. The molecule has 0 unspecified atom stereocenters. The molecule has 1 saturated heterocycles. The second-order valence-corrected chi connectivity index (χ2v) is 11.3. The van der Waals surface area contributed by atoms with E-state index in [1.54, 1.807) is 29.2 Å². The summed E-state index contributed by atoms with van der Waals surface area (Å²) in [6, 6.07) is 8.60. The summed E-state index contributed by atoms with van der Waals surface area (Å²) in [5.41, 5.74) is 2.27. The first-order chi connectivity index (χ1) is 13.3. The van der Waals surface area contributed by atoms with E-state index >= 15 is 0 Å². The number of rotatable bonds is 3. The quantitative estimate of drug-likeness (QED) is 0.726. The van der Waals surface area contributed by atoms with Crippen LogP contribution in [0.4, 0.5) is 5.69 Å². The topological polar surface area (TPSA) is 86.8 Å². The van der Waals surface area contributed by atoms with Gasteiger partial charge in [0.15, 0.2) is 0 Å². The van der Waals surface area contributed by atoms with Gasteiger partial charge in [-0.1, -0.05) is 0 Å². The number of carbonyl (C=O) groups excluding carboxylic acids is 2. The highest BCUT2D eigenvalue weighted by Gasteiger charge is 2.31. The van der Waals surface area contributed by atoms with Gasteiger partial charge in [-0.15, -0.1) is 11.3 Å². The van der Waals surface area contributed by atoms with Crippen molar-refractivity contribution in [2.45, 2.75) is 17.1 Å². The van der Waals surface area contributed by atoms with E-state index in [-0.39, 0.29) is 24.9 Å². The molecule has 10 heteroatoms. The molecule has 3 heterocycles. The number of amides is 2. The molecule has 2 aromatic rings. The summed E-state index contributed by atoms with van der Waals surface area (Å²) in [6.45, 7) is 1.23. The number of halogens is 1. The van der Waals surface area contributed by atoms with Gasteiger partial charge in [-0.2, -0.15) is 4.31 Å². The average Bonchev–Trinajstić information content (AvgIpc) is 3.14. The van der Waals surface area contributed by atoms with E-state index in [4.69, 9.17) is 0 Å². The molecule has 0 bridgehead atoms. The zero-order valence-electron chi connectivity index (χ0n) is 14.9. The van der Waals surface area contributed by atoms with Crippen molar-refractivity contribution in [1.29, 1.82) is 0 Å². The fourth-order valence-corrected chi connectivity index (χ4v) is 6.98. The molecular formula is C18H18BrN3O4S2. The zero-order chi connectivity index (χ0) is 19.9. The van der Waals surface area contributed by atoms with Crippen molar-refractivity contribution < 1.29 is 18.0 Å². The summed E-state index contributed by atoms with van der Waals surface area (Å²) in [5, 5.41) is 2.81. The van der Waals surface area contributed by atoms with E-state index < -0.39 is 10.0 Å². The molecule has 0 atom stereocenters. The summed E-state index contributed by atoms with van der Waals surface area (Å²) in [4.78, 5) is 26.0. The van der Waals surface area contributed by atoms with Crippen LogP contribution in [0.2, 0.25) is 0 Å². The van der Waals surface area contributed by atoms with Crippen molar-refractivity contribution in [2.24, 2.45) is 0 Å². The molecule has 0 aliphatic carbocycles. The Morgan fingerprint density at radius 1 is 1.07 bits per heavy atom. The van der Waals surface area contributed by atoms with Crippen LogP contribution >= 0.6 is 27.3 Å². The second kappa shape index (κ2) is 7.58. The van der Waals surface area contributed by atoms with Crippen LogP contribution in [-0.2, 0) is 21.2 Å². The van der Waals surface area contributed by atoms with Crippen LogP contribution in [0.15, 0.2) is 38.3 Å². The lowest BCUT2D eigenvalue weighted by atomic mass is 10.00. The van der Waals surface area contributed by atoms with E-state index in [9.17, 15) is 18.0 Å². The molecule has 0 spiro atoms. The second-order valence-electron chi connectivity index (χ2n) is 6.67. The maximum absolute atomic E-state index is 12.8. The predicted octanol–water partition coefficient (Wildman–Crippen LogP) is 2.54. The number of nitrogens with zero attached hydrogens (tertiary/aromatic N) is 2. The minimum atomic E-state index is -3.53. The molecule has 28 heavy (non-hydrogen) atoms. The van der Waals surface area contributed by atoms with Gasteiger partial charge < -0.3 is 10.2 Å². The summed E-state index contributed by atoms with van der Waals surface area (Å²) < 4.78 is 27.9. The Labute approximate surface area is 175 Å². The summed E-state index contributed by atoms with van der Waals surface area (Å²) >= 11 is 4.47. The van der Waals surface area contributed by atoms with Crippen LogP contribution < -0.4 is 5.32 Å². The maximum atomic E-state index is 12.8. The van der Waals surface area contributed by atoms with Crippen LogP contribution in [0.3, 0.4) is 0 Å². The molecule has 7 nitrogen and oxygen atoms in total. The van der Waals surface area contributed by atoms with Crippen LogP contribution in [0.25, 0.3) is 0 Å². The molecule has 2 aliphatic rings. The van der Waals surface area contributed by atoms with Crippen LogP contribution in [0, 0.1) is 0 Å². The Balaban J connectivity index is 1.44. The lowest BCUT2D eigenvalue weighted by Gasteiger charge is -2.34. The van der Waals surface area contributed by atoms with E-state index in [1.807, 2.05) is 6.07 Å². The van der Waals surface area contributed by atoms with Gasteiger partial charge in [0, 0.05) is 43.9 Å².